The standard InChI is InChI=1S/C27H29N5O3/c1-4-31-16-22(14-28-31)17-32-18-24(15-29-32)30-27(33)12-10-21-9-11-26(34-3)23(13-21)19-35-25-8-6-5-7-20(25)2/h5-16,18H,4,17,19H2,1-3H3,(H,30,33)/b12-10+. The number of hydrogen-bond acceptors (Lipinski definition) is 5. The molecule has 2 heterocycles. The van der Waals surface area contributed by atoms with Crippen LogP contribution in [-0.2, 0) is 24.5 Å². The van der Waals surface area contributed by atoms with Crippen LogP contribution in [-0.4, -0.2) is 32.6 Å². The summed E-state index contributed by atoms with van der Waals surface area (Å²) in [4.78, 5) is 12.5. The van der Waals surface area contributed by atoms with Crippen LogP contribution < -0.4 is 14.8 Å². The number of carbonyl (C=O) groups is 1. The maximum Gasteiger partial charge on any atom is 0.248 e. The Hall–Kier alpha value is -4.33. The van der Waals surface area contributed by atoms with E-state index < -0.39 is 0 Å². The van der Waals surface area contributed by atoms with Crippen molar-refractivity contribution in [1.29, 1.82) is 0 Å². The summed E-state index contributed by atoms with van der Waals surface area (Å²) in [6.07, 6.45) is 10.5. The van der Waals surface area contributed by atoms with E-state index in [1.54, 1.807) is 30.3 Å². The second kappa shape index (κ2) is 11.2. The second-order valence-corrected chi connectivity index (χ2v) is 8.08. The summed E-state index contributed by atoms with van der Waals surface area (Å²) in [7, 11) is 1.63. The molecule has 0 bridgehead atoms. The Labute approximate surface area is 204 Å². The molecule has 2 aromatic carbocycles. The maximum absolute atomic E-state index is 12.5. The summed E-state index contributed by atoms with van der Waals surface area (Å²) < 4.78 is 15.1. The molecule has 0 saturated heterocycles. The quantitative estimate of drug-likeness (QED) is 0.339. The van der Waals surface area contributed by atoms with Crippen molar-refractivity contribution in [3.05, 3.63) is 95.6 Å². The fourth-order valence-electron chi connectivity index (χ4n) is 3.61. The van der Waals surface area contributed by atoms with Crippen LogP contribution in [0.1, 0.15) is 29.2 Å². The number of nitrogens with zero attached hydrogens (tertiary/aromatic N) is 4. The van der Waals surface area contributed by atoms with Crippen LogP contribution >= 0.6 is 0 Å². The van der Waals surface area contributed by atoms with Crippen LogP contribution in [0.5, 0.6) is 11.5 Å². The van der Waals surface area contributed by atoms with Gasteiger partial charge in [-0.15, -0.1) is 0 Å². The fourth-order valence-corrected chi connectivity index (χ4v) is 3.61. The summed E-state index contributed by atoms with van der Waals surface area (Å²) in [5.74, 6) is 1.32. The molecule has 180 valence electrons. The molecule has 0 atom stereocenters. The van der Waals surface area contributed by atoms with E-state index >= 15 is 0 Å². The first-order valence-corrected chi connectivity index (χ1v) is 11.4. The molecule has 1 N–H and O–H groups in total. The number of amides is 1. The van der Waals surface area contributed by atoms with Crippen molar-refractivity contribution >= 4 is 17.7 Å². The van der Waals surface area contributed by atoms with Gasteiger partial charge in [0.15, 0.2) is 0 Å². The molecule has 0 aliphatic heterocycles. The third-order valence-electron chi connectivity index (χ3n) is 5.46. The van der Waals surface area contributed by atoms with E-state index in [9.17, 15) is 4.79 Å². The van der Waals surface area contributed by atoms with Crippen molar-refractivity contribution in [2.75, 3.05) is 12.4 Å². The molecule has 0 spiro atoms. The van der Waals surface area contributed by atoms with Crippen LogP contribution in [0.4, 0.5) is 5.69 Å². The van der Waals surface area contributed by atoms with Crippen molar-refractivity contribution in [3.63, 3.8) is 0 Å². The van der Waals surface area contributed by atoms with Crippen LogP contribution in [0.25, 0.3) is 6.08 Å². The summed E-state index contributed by atoms with van der Waals surface area (Å²) in [6, 6.07) is 13.6. The molecule has 8 nitrogen and oxygen atoms in total. The third kappa shape index (κ3) is 6.38. The molecule has 0 aliphatic carbocycles. The molecule has 0 fully saturated rings. The van der Waals surface area contributed by atoms with Gasteiger partial charge in [-0.2, -0.15) is 10.2 Å². The highest BCUT2D eigenvalue weighted by Gasteiger charge is 2.07. The van der Waals surface area contributed by atoms with Crippen molar-refractivity contribution in [2.24, 2.45) is 0 Å². The average molecular weight is 472 g/mol. The number of anilines is 1. The number of aromatic nitrogens is 4. The van der Waals surface area contributed by atoms with Gasteiger partial charge < -0.3 is 14.8 Å². The van der Waals surface area contributed by atoms with Gasteiger partial charge in [0.05, 0.1) is 31.7 Å². The summed E-state index contributed by atoms with van der Waals surface area (Å²) in [5.41, 5.74) is 4.51. The van der Waals surface area contributed by atoms with Crippen LogP contribution in [0.15, 0.2) is 73.3 Å². The first-order valence-electron chi connectivity index (χ1n) is 11.4. The van der Waals surface area contributed by atoms with Crippen LogP contribution in [0.3, 0.4) is 0 Å². The first kappa shape index (κ1) is 23.8. The molecule has 0 saturated carbocycles. The van der Waals surface area contributed by atoms with E-state index in [1.807, 2.05) is 73.4 Å². The number of rotatable bonds is 10. The average Bonchev–Trinajstić information content (AvgIpc) is 3.51. The van der Waals surface area contributed by atoms with Crippen molar-refractivity contribution in [2.45, 2.75) is 33.5 Å². The van der Waals surface area contributed by atoms with Gasteiger partial charge in [-0.25, -0.2) is 0 Å². The first-order chi connectivity index (χ1) is 17.0. The largest absolute Gasteiger partial charge is 0.496 e. The molecule has 8 heteroatoms. The molecule has 1 amide bonds. The molecule has 0 unspecified atom stereocenters. The minimum Gasteiger partial charge on any atom is -0.496 e. The zero-order valence-corrected chi connectivity index (χ0v) is 20.1. The smallest absolute Gasteiger partial charge is 0.248 e. The highest BCUT2D eigenvalue weighted by Crippen LogP contribution is 2.24. The maximum atomic E-state index is 12.5. The second-order valence-electron chi connectivity index (χ2n) is 8.08. The van der Waals surface area contributed by atoms with E-state index in [2.05, 4.69) is 15.5 Å². The van der Waals surface area contributed by atoms with Gasteiger partial charge in [-0.1, -0.05) is 24.3 Å². The fraction of sp³-hybridized carbons (Fsp3) is 0.222. The Balaban J connectivity index is 1.36. The van der Waals surface area contributed by atoms with Gasteiger partial charge in [-0.05, 0) is 49.2 Å². The van der Waals surface area contributed by atoms with Crippen molar-refractivity contribution in [1.82, 2.24) is 19.6 Å². The number of para-hydroxylation sites is 1. The normalized spacial score (nSPS) is 11.1. The van der Waals surface area contributed by atoms with E-state index in [1.165, 1.54) is 6.08 Å². The van der Waals surface area contributed by atoms with E-state index in [0.29, 0.717) is 18.8 Å². The Bertz CT molecular complexity index is 1320. The van der Waals surface area contributed by atoms with Crippen LogP contribution in [0.2, 0.25) is 0 Å². The minimum absolute atomic E-state index is 0.239. The zero-order chi connectivity index (χ0) is 24.6. The van der Waals surface area contributed by atoms with Crippen LogP contribution in [0, 0.1) is 6.92 Å². The highest BCUT2D eigenvalue weighted by molar-refractivity contribution is 6.01. The van der Waals surface area contributed by atoms with Gasteiger partial charge in [0.2, 0.25) is 5.91 Å². The number of ether oxygens (including phenoxy) is 2. The molecule has 4 aromatic rings. The number of aryl methyl sites for hydroxylation is 2. The van der Waals surface area contributed by atoms with Gasteiger partial charge in [0, 0.05) is 36.1 Å². The summed E-state index contributed by atoms with van der Waals surface area (Å²) >= 11 is 0. The SMILES string of the molecule is CCn1cc(Cn2cc(NC(=O)/C=C/c3ccc(OC)c(COc4ccccc4C)c3)cn2)cn1. The molecular formula is C27H29N5O3. The van der Waals surface area contributed by atoms with E-state index in [-0.39, 0.29) is 5.91 Å². The van der Waals surface area contributed by atoms with Gasteiger partial charge >= 0.3 is 0 Å². The number of hydrogen-bond donors (Lipinski definition) is 1. The molecule has 0 radical (unpaired) electrons. The zero-order valence-electron chi connectivity index (χ0n) is 20.1. The van der Waals surface area contributed by atoms with E-state index in [0.717, 1.165) is 40.3 Å². The molecule has 35 heavy (non-hydrogen) atoms. The molecule has 4 rings (SSSR count). The predicted octanol–water partition coefficient (Wildman–Crippen LogP) is 4.70. The predicted molar refractivity (Wildman–Crippen MR) is 135 cm³/mol. The Kier molecular flexibility index (Phi) is 7.62. The summed E-state index contributed by atoms with van der Waals surface area (Å²) in [5, 5.41) is 11.4. The number of methoxy groups -OCH3 is 1. The lowest BCUT2D eigenvalue weighted by molar-refractivity contribution is -0.111. The molecule has 0 aliphatic rings. The van der Waals surface area contributed by atoms with Gasteiger partial charge in [0.1, 0.15) is 18.1 Å². The number of nitrogens with one attached hydrogen (secondary N) is 1. The number of carbonyl (C=O) groups excluding carboxylic acids is 1. The lowest BCUT2D eigenvalue weighted by atomic mass is 10.1. The third-order valence-corrected chi connectivity index (χ3v) is 5.46. The van der Waals surface area contributed by atoms with Crippen molar-refractivity contribution < 1.29 is 14.3 Å². The van der Waals surface area contributed by atoms with Gasteiger partial charge in [-0.3, -0.25) is 14.2 Å². The number of benzene rings is 2. The Morgan fingerprint density at radius 1 is 1.06 bits per heavy atom. The summed E-state index contributed by atoms with van der Waals surface area (Å²) in [6.45, 7) is 5.82. The van der Waals surface area contributed by atoms with Gasteiger partial charge in [0.25, 0.3) is 0 Å². The Morgan fingerprint density at radius 3 is 2.66 bits per heavy atom. The monoisotopic (exact) mass is 471 g/mol. The van der Waals surface area contributed by atoms with E-state index in [4.69, 9.17) is 9.47 Å². The van der Waals surface area contributed by atoms with Crippen molar-refractivity contribution in [3.8, 4) is 11.5 Å². The lowest BCUT2D eigenvalue weighted by Crippen LogP contribution is -2.07. The topological polar surface area (TPSA) is 83.2 Å². The molecule has 2 aromatic heterocycles. The minimum atomic E-state index is -0.239. The lowest BCUT2D eigenvalue weighted by Gasteiger charge is -2.12. The Morgan fingerprint density at radius 2 is 1.89 bits per heavy atom. The molecular weight excluding hydrogens is 442 g/mol. The highest BCUT2D eigenvalue weighted by atomic mass is 16.5.